The first-order valence-corrected chi connectivity index (χ1v) is 6.73. The van der Waals surface area contributed by atoms with E-state index in [0.29, 0.717) is 0 Å². The minimum Gasteiger partial charge on any atom is -0.280 e. The first kappa shape index (κ1) is 14.9. The molecule has 0 saturated heterocycles. The number of halogens is 3. The number of aromatic nitrogens is 1. The summed E-state index contributed by atoms with van der Waals surface area (Å²) in [7, 11) is 0. The average molecular weight is 312 g/mol. The molecule has 0 saturated carbocycles. The van der Waals surface area contributed by atoms with E-state index in [0.717, 1.165) is 5.56 Å². The summed E-state index contributed by atoms with van der Waals surface area (Å²) < 4.78 is 14.1. The van der Waals surface area contributed by atoms with Gasteiger partial charge in [0.15, 0.2) is 0 Å². The molecule has 1 atom stereocenters. The quantitative estimate of drug-likeness (QED) is 0.794. The number of hydrogen-bond donors (Lipinski definition) is 0. The monoisotopic (exact) mass is 311 g/mol. The Morgan fingerprint density at radius 3 is 2.50 bits per heavy atom. The van der Waals surface area contributed by atoms with Crippen LogP contribution >= 0.6 is 23.2 Å². The number of rotatable bonds is 4. The van der Waals surface area contributed by atoms with E-state index in [1.165, 1.54) is 12.1 Å². The fraction of sp³-hybridized carbons (Fsp3) is 0.200. The Labute approximate surface area is 126 Å². The highest BCUT2D eigenvalue weighted by Crippen LogP contribution is 2.33. The summed E-state index contributed by atoms with van der Waals surface area (Å²) in [4.78, 5) is 15.8. The average Bonchev–Trinajstić information content (AvgIpc) is 2.39. The lowest BCUT2D eigenvalue weighted by Crippen LogP contribution is -2.33. The maximum atomic E-state index is 14.1. The zero-order valence-electron chi connectivity index (χ0n) is 10.7. The predicted octanol–water partition coefficient (Wildman–Crippen LogP) is 4.14. The van der Waals surface area contributed by atoms with Crippen LogP contribution in [0.1, 0.15) is 18.1 Å². The molecule has 0 aliphatic heterocycles. The number of nitrogens with zero attached hydrogens (tertiary/aromatic N) is 1. The van der Waals surface area contributed by atoms with Gasteiger partial charge in [-0.25, -0.2) is 4.39 Å². The lowest BCUT2D eigenvalue weighted by atomic mass is 9.78. The van der Waals surface area contributed by atoms with E-state index in [1.54, 1.807) is 37.5 Å². The summed E-state index contributed by atoms with van der Waals surface area (Å²) in [6.07, 6.45) is 3.52. The van der Waals surface area contributed by atoms with Gasteiger partial charge in [0.2, 0.25) is 5.24 Å². The minimum atomic E-state index is -1.16. The highest BCUT2D eigenvalue weighted by molar-refractivity contribution is 6.65. The van der Waals surface area contributed by atoms with Crippen molar-refractivity contribution in [3.8, 4) is 0 Å². The first-order chi connectivity index (χ1) is 9.43. The molecule has 1 unspecified atom stereocenters. The molecule has 0 bridgehead atoms. The van der Waals surface area contributed by atoms with Gasteiger partial charge in [0, 0.05) is 23.0 Å². The Hall–Kier alpha value is -1.45. The van der Waals surface area contributed by atoms with Crippen LogP contribution in [0.2, 0.25) is 5.02 Å². The zero-order chi connectivity index (χ0) is 14.8. The molecule has 1 aromatic carbocycles. The Bertz CT molecular complexity index is 633. The lowest BCUT2D eigenvalue weighted by molar-refractivity contribution is -0.116. The molecule has 2 rings (SSSR count). The van der Waals surface area contributed by atoms with Gasteiger partial charge in [-0.3, -0.25) is 9.78 Å². The van der Waals surface area contributed by atoms with Gasteiger partial charge < -0.3 is 0 Å². The van der Waals surface area contributed by atoms with Gasteiger partial charge in [0.05, 0.1) is 5.41 Å². The van der Waals surface area contributed by atoms with Gasteiger partial charge in [-0.2, -0.15) is 0 Å². The summed E-state index contributed by atoms with van der Waals surface area (Å²) in [6.45, 7) is 1.62. The second-order valence-corrected chi connectivity index (χ2v) is 5.54. The van der Waals surface area contributed by atoms with Gasteiger partial charge in [-0.1, -0.05) is 17.7 Å². The van der Waals surface area contributed by atoms with Crippen LogP contribution in [0.5, 0.6) is 0 Å². The summed E-state index contributed by atoms with van der Waals surface area (Å²) in [5.74, 6) is -0.539. The molecule has 0 radical (unpaired) electrons. The van der Waals surface area contributed by atoms with Gasteiger partial charge >= 0.3 is 0 Å². The summed E-state index contributed by atoms with van der Waals surface area (Å²) in [5.41, 5.74) is -0.0676. The van der Waals surface area contributed by atoms with Crippen LogP contribution in [0.15, 0.2) is 42.7 Å². The third kappa shape index (κ3) is 3.00. The van der Waals surface area contributed by atoms with Crippen LogP contribution < -0.4 is 0 Å². The van der Waals surface area contributed by atoms with Crippen molar-refractivity contribution in [3.63, 3.8) is 0 Å². The van der Waals surface area contributed by atoms with Crippen LogP contribution in [0, 0.1) is 5.82 Å². The first-order valence-electron chi connectivity index (χ1n) is 5.98. The maximum Gasteiger partial charge on any atom is 0.232 e. The predicted molar refractivity (Wildman–Crippen MR) is 77.6 cm³/mol. The Balaban J connectivity index is 2.47. The fourth-order valence-electron chi connectivity index (χ4n) is 2.12. The molecular weight excluding hydrogens is 300 g/mol. The molecule has 2 nitrogen and oxygen atoms in total. The molecule has 5 heteroatoms. The maximum absolute atomic E-state index is 14.1. The summed E-state index contributed by atoms with van der Waals surface area (Å²) in [6, 6.07) is 7.77. The Morgan fingerprint density at radius 1 is 1.30 bits per heavy atom. The Morgan fingerprint density at radius 2 is 1.95 bits per heavy atom. The van der Waals surface area contributed by atoms with Crippen LogP contribution in [0.4, 0.5) is 4.39 Å². The van der Waals surface area contributed by atoms with Crippen LogP contribution in [0.3, 0.4) is 0 Å². The van der Waals surface area contributed by atoms with Crippen LogP contribution in [-0.4, -0.2) is 10.2 Å². The van der Waals surface area contributed by atoms with E-state index in [1.807, 2.05) is 0 Å². The van der Waals surface area contributed by atoms with Crippen molar-refractivity contribution in [1.82, 2.24) is 4.98 Å². The smallest absolute Gasteiger partial charge is 0.232 e. The Kier molecular flexibility index (Phi) is 4.41. The minimum absolute atomic E-state index is 0.235. The third-order valence-electron chi connectivity index (χ3n) is 3.27. The van der Waals surface area contributed by atoms with Gasteiger partial charge in [-0.15, -0.1) is 0 Å². The highest BCUT2D eigenvalue weighted by Gasteiger charge is 2.36. The van der Waals surface area contributed by atoms with E-state index in [9.17, 15) is 9.18 Å². The summed E-state index contributed by atoms with van der Waals surface area (Å²) in [5, 5.41) is -0.338. The van der Waals surface area contributed by atoms with Crippen molar-refractivity contribution in [2.24, 2.45) is 0 Å². The van der Waals surface area contributed by atoms with E-state index < -0.39 is 16.5 Å². The molecule has 2 aromatic rings. The highest BCUT2D eigenvalue weighted by atomic mass is 35.5. The normalized spacial score (nSPS) is 13.8. The van der Waals surface area contributed by atoms with Crippen LogP contribution in [-0.2, 0) is 16.6 Å². The fourth-order valence-corrected chi connectivity index (χ4v) is 2.44. The van der Waals surface area contributed by atoms with Crippen molar-refractivity contribution in [3.05, 3.63) is 64.7 Å². The second-order valence-electron chi connectivity index (χ2n) is 4.76. The van der Waals surface area contributed by atoms with Crippen molar-refractivity contribution in [2.75, 3.05) is 0 Å². The number of hydrogen-bond acceptors (Lipinski definition) is 2. The third-order valence-corrected chi connectivity index (χ3v) is 3.92. The molecule has 0 amide bonds. The molecule has 0 fully saturated rings. The molecule has 0 N–H and O–H groups in total. The van der Waals surface area contributed by atoms with Crippen LogP contribution in [0.25, 0.3) is 0 Å². The largest absolute Gasteiger partial charge is 0.280 e. The molecule has 1 aromatic heterocycles. The zero-order valence-corrected chi connectivity index (χ0v) is 12.2. The van der Waals surface area contributed by atoms with Crippen molar-refractivity contribution in [2.45, 2.75) is 18.8 Å². The van der Waals surface area contributed by atoms with Gasteiger partial charge in [-0.05, 0) is 54.8 Å². The van der Waals surface area contributed by atoms with E-state index in [2.05, 4.69) is 4.98 Å². The number of carbonyl (C=O) groups is 1. The topological polar surface area (TPSA) is 30.0 Å². The molecule has 104 valence electrons. The van der Waals surface area contributed by atoms with Gasteiger partial charge in [0.25, 0.3) is 0 Å². The summed E-state index contributed by atoms with van der Waals surface area (Å²) >= 11 is 11.5. The standard InChI is InChI=1S/C15H12Cl2FNO/c1-15(14(17)20,9-10-4-6-19-7-5-10)12-3-2-11(16)8-13(12)18/h2-8H,9H2,1H3. The van der Waals surface area contributed by atoms with Crippen molar-refractivity contribution < 1.29 is 9.18 Å². The van der Waals surface area contributed by atoms with E-state index in [4.69, 9.17) is 23.2 Å². The SMILES string of the molecule is CC(Cc1ccncc1)(C(=O)Cl)c1ccc(Cl)cc1F. The van der Waals surface area contributed by atoms with Crippen molar-refractivity contribution in [1.29, 1.82) is 0 Å². The molecule has 0 aliphatic rings. The van der Waals surface area contributed by atoms with E-state index in [-0.39, 0.29) is 17.0 Å². The number of pyridine rings is 1. The van der Waals surface area contributed by atoms with Gasteiger partial charge in [0.1, 0.15) is 5.82 Å². The lowest BCUT2D eigenvalue weighted by Gasteiger charge is -2.26. The number of carbonyl (C=O) groups excluding carboxylic acids is 1. The second kappa shape index (κ2) is 5.90. The molecule has 20 heavy (non-hydrogen) atoms. The molecule has 1 heterocycles. The molecule has 0 spiro atoms. The van der Waals surface area contributed by atoms with Crippen molar-refractivity contribution >= 4 is 28.4 Å². The molecular formula is C15H12Cl2FNO. The number of benzene rings is 1. The molecule has 0 aliphatic carbocycles. The van der Waals surface area contributed by atoms with E-state index >= 15 is 0 Å².